The van der Waals surface area contributed by atoms with Gasteiger partial charge in [0.1, 0.15) is 0 Å². The number of nitrogens with one attached hydrogen (secondary N) is 2. The molecule has 14 heavy (non-hydrogen) atoms. The topological polar surface area (TPSA) is 44.9 Å². The second-order valence-corrected chi connectivity index (χ2v) is 3.45. The van der Waals surface area contributed by atoms with Gasteiger partial charge in [-0.15, -0.1) is 0 Å². The molecular weight excluding hydrogens is 176 g/mol. The van der Waals surface area contributed by atoms with E-state index in [4.69, 9.17) is 0 Å². The van der Waals surface area contributed by atoms with Gasteiger partial charge in [0.25, 0.3) is 0 Å². The fourth-order valence-electron chi connectivity index (χ4n) is 1.29. The van der Waals surface area contributed by atoms with Gasteiger partial charge >= 0.3 is 0 Å². The number of carbonyl (C=O) groups is 1. The normalized spacial score (nSPS) is 10.1. The van der Waals surface area contributed by atoms with Crippen LogP contribution in [0.1, 0.15) is 38.2 Å². The van der Waals surface area contributed by atoms with E-state index < -0.39 is 0 Å². The van der Waals surface area contributed by atoms with Gasteiger partial charge in [-0.3, -0.25) is 4.79 Å². The second-order valence-electron chi connectivity index (χ2n) is 3.45. The number of aromatic nitrogens is 1. The van der Waals surface area contributed by atoms with E-state index in [1.165, 1.54) is 0 Å². The molecule has 1 rings (SSSR count). The highest BCUT2D eigenvalue weighted by atomic mass is 16.1. The molecule has 2 N–H and O–H groups in total. The van der Waals surface area contributed by atoms with Crippen LogP contribution in [0.25, 0.3) is 0 Å². The van der Waals surface area contributed by atoms with Gasteiger partial charge in [0.2, 0.25) is 5.91 Å². The molecule has 0 unspecified atom stereocenters. The van der Waals surface area contributed by atoms with E-state index in [0.717, 1.165) is 24.8 Å². The predicted molar refractivity (Wildman–Crippen MR) is 56.8 cm³/mol. The smallest absolute Gasteiger partial charge is 0.220 e. The summed E-state index contributed by atoms with van der Waals surface area (Å²) in [5.74, 6) is 0.152. The first-order valence-corrected chi connectivity index (χ1v) is 5.21. The SMILES string of the molecule is CCCCCC(=O)NCc1cc[nH]c1. The zero-order valence-corrected chi connectivity index (χ0v) is 8.68. The number of H-pyrrole nitrogens is 1. The van der Waals surface area contributed by atoms with Crippen molar-refractivity contribution in [3.63, 3.8) is 0 Å². The Morgan fingerprint density at radius 2 is 2.36 bits per heavy atom. The third kappa shape index (κ3) is 4.12. The minimum Gasteiger partial charge on any atom is -0.367 e. The van der Waals surface area contributed by atoms with Gasteiger partial charge in [-0.2, -0.15) is 0 Å². The van der Waals surface area contributed by atoms with Crippen molar-refractivity contribution < 1.29 is 4.79 Å². The molecule has 3 nitrogen and oxygen atoms in total. The Labute approximate surface area is 84.9 Å². The summed E-state index contributed by atoms with van der Waals surface area (Å²) >= 11 is 0. The highest BCUT2D eigenvalue weighted by Gasteiger charge is 2.00. The lowest BCUT2D eigenvalue weighted by molar-refractivity contribution is -0.121. The number of hydrogen-bond donors (Lipinski definition) is 2. The summed E-state index contributed by atoms with van der Waals surface area (Å²) in [4.78, 5) is 14.2. The van der Waals surface area contributed by atoms with Gasteiger partial charge < -0.3 is 10.3 Å². The highest BCUT2D eigenvalue weighted by molar-refractivity contribution is 5.75. The van der Waals surface area contributed by atoms with E-state index in [1.54, 1.807) is 0 Å². The second kappa shape index (κ2) is 6.24. The monoisotopic (exact) mass is 194 g/mol. The zero-order valence-electron chi connectivity index (χ0n) is 8.68. The van der Waals surface area contributed by atoms with E-state index in [2.05, 4.69) is 17.2 Å². The average molecular weight is 194 g/mol. The number of rotatable bonds is 6. The lowest BCUT2D eigenvalue weighted by Crippen LogP contribution is -2.21. The summed E-state index contributed by atoms with van der Waals surface area (Å²) in [7, 11) is 0. The Morgan fingerprint density at radius 1 is 1.50 bits per heavy atom. The van der Waals surface area contributed by atoms with Crippen molar-refractivity contribution in [3.8, 4) is 0 Å². The Kier molecular flexibility index (Phi) is 4.83. The van der Waals surface area contributed by atoms with E-state index >= 15 is 0 Å². The molecule has 0 bridgehead atoms. The summed E-state index contributed by atoms with van der Waals surface area (Å²) in [5, 5.41) is 2.89. The van der Waals surface area contributed by atoms with Crippen molar-refractivity contribution in [2.45, 2.75) is 39.2 Å². The largest absolute Gasteiger partial charge is 0.367 e. The van der Waals surface area contributed by atoms with Gasteiger partial charge in [-0.25, -0.2) is 0 Å². The van der Waals surface area contributed by atoms with Crippen LogP contribution in [-0.2, 0) is 11.3 Å². The van der Waals surface area contributed by atoms with Crippen LogP contribution in [0.3, 0.4) is 0 Å². The van der Waals surface area contributed by atoms with Gasteiger partial charge in [-0.05, 0) is 18.1 Å². The third-order valence-electron chi connectivity index (χ3n) is 2.16. The van der Waals surface area contributed by atoms with Crippen molar-refractivity contribution in [1.29, 1.82) is 0 Å². The summed E-state index contributed by atoms with van der Waals surface area (Å²) in [6, 6.07) is 1.96. The van der Waals surface area contributed by atoms with Gasteiger partial charge in [-0.1, -0.05) is 19.8 Å². The molecule has 0 aromatic carbocycles. The van der Waals surface area contributed by atoms with Crippen LogP contribution in [0, 0.1) is 0 Å². The minimum atomic E-state index is 0.152. The van der Waals surface area contributed by atoms with E-state index in [0.29, 0.717) is 13.0 Å². The highest BCUT2D eigenvalue weighted by Crippen LogP contribution is 2.00. The Bertz CT molecular complexity index is 254. The number of amides is 1. The van der Waals surface area contributed by atoms with Gasteiger partial charge in [0, 0.05) is 25.4 Å². The van der Waals surface area contributed by atoms with Crippen molar-refractivity contribution in [3.05, 3.63) is 24.0 Å². The molecule has 78 valence electrons. The van der Waals surface area contributed by atoms with Crippen LogP contribution < -0.4 is 5.32 Å². The number of unbranched alkanes of at least 4 members (excludes halogenated alkanes) is 2. The molecule has 0 aliphatic heterocycles. The lowest BCUT2D eigenvalue weighted by atomic mass is 10.2. The molecule has 1 heterocycles. The molecule has 1 aromatic rings. The Morgan fingerprint density at radius 3 is 3.00 bits per heavy atom. The summed E-state index contributed by atoms with van der Waals surface area (Å²) in [5.41, 5.74) is 1.12. The molecular formula is C11H18N2O. The predicted octanol–water partition coefficient (Wildman–Crippen LogP) is 2.21. The molecule has 0 fully saturated rings. The standard InChI is InChI=1S/C11H18N2O/c1-2-3-4-5-11(14)13-9-10-6-7-12-8-10/h6-8,12H,2-5,9H2,1H3,(H,13,14). The number of carbonyl (C=O) groups excluding carboxylic acids is 1. The van der Waals surface area contributed by atoms with Crippen LogP contribution in [0.15, 0.2) is 18.5 Å². The first kappa shape index (κ1) is 10.8. The maximum atomic E-state index is 11.3. The molecule has 0 atom stereocenters. The Balaban J connectivity index is 2.09. The molecule has 1 aromatic heterocycles. The first-order valence-electron chi connectivity index (χ1n) is 5.21. The summed E-state index contributed by atoms with van der Waals surface area (Å²) in [6.45, 7) is 2.77. The average Bonchev–Trinajstić information content (AvgIpc) is 2.68. The van der Waals surface area contributed by atoms with E-state index in [9.17, 15) is 4.79 Å². The van der Waals surface area contributed by atoms with Crippen LogP contribution >= 0.6 is 0 Å². The third-order valence-corrected chi connectivity index (χ3v) is 2.16. The molecule has 1 amide bonds. The molecule has 0 aliphatic carbocycles. The molecule has 0 saturated carbocycles. The maximum absolute atomic E-state index is 11.3. The van der Waals surface area contributed by atoms with Crippen LogP contribution in [-0.4, -0.2) is 10.9 Å². The van der Waals surface area contributed by atoms with Crippen LogP contribution in [0.4, 0.5) is 0 Å². The summed E-state index contributed by atoms with van der Waals surface area (Å²) in [6.07, 6.45) is 7.70. The zero-order chi connectivity index (χ0) is 10.2. The fourth-order valence-corrected chi connectivity index (χ4v) is 1.29. The van der Waals surface area contributed by atoms with E-state index in [-0.39, 0.29) is 5.91 Å². The number of aromatic amines is 1. The quantitative estimate of drug-likeness (QED) is 0.670. The molecule has 0 saturated heterocycles. The molecule has 0 spiro atoms. The van der Waals surface area contributed by atoms with Crippen LogP contribution in [0.2, 0.25) is 0 Å². The molecule has 3 heteroatoms. The van der Waals surface area contributed by atoms with Gasteiger partial charge in [0.15, 0.2) is 0 Å². The molecule has 0 radical (unpaired) electrons. The fraction of sp³-hybridized carbons (Fsp3) is 0.545. The lowest BCUT2D eigenvalue weighted by Gasteiger charge is -2.02. The first-order chi connectivity index (χ1) is 6.83. The number of hydrogen-bond acceptors (Lipinski definition) is 1. The van der Waals surface area contributed by atoms with Crippen molar-refractivity contribution in [1.82, 2.24) is 10.3 Å². The summed E-state index contributed by atoms with van der Waals surface area (Å²) < 4.78 is 0. The maximum Gasteiger partial charge on any atom is 0.220 e. The van der Waals surface area contributed by atoms with Crippen molar-refractivity contribution in [2.24, 2.45) is 0 Å². The van der Waals surface area contributed by atoms with Crippen molar-refractivity contribution in [2.75, 3.05) is 0 Å². The van der Waals surface area contributed by atoms with Crippen molar-refractivity contribution >= 4 is 5.91 Å². The molecule has 0 aliphatic rings. The minimum absolute atomic E-state index is 0.152. The Hall–Kier alpha value is -1.25. The van der Waals surface area contributed by atoms with Crippen LogP contribution in [0.5, 0.6) is 0 Å². The van der Waals surface area contributed by atoms with E-state index in [1.807, 2.05) is 18.5 Å². The van der Waals surface area contributed by atoms with Gasteiger partial charge in [0.05, 0.1) is 0 Å².